The fourth-order valence-corrected chi connectivity index (χ4v) is 5.58. The Kier molecular flexibility index (Phi) is 8.25. The van der Waals surface area contributed by atoms with Gasteiger partial charge in [-0.1, -0.05) is 68.7 Å². The molecule has 0 radical (unpaired) electrons. The van der Waals surface area contributed by atoms with Crippen LogP contribution in [0, 0.1) is 0 Å². The molecule has 182 valence electrons. The Morgan fingerprint density at radius 3 is 2.26 bits per heavy atom. The van der Waals surface area contributed by atoms with Gasteiger partial charge in [-0.3, -0.25) is 9.59 Å². The normalized spacial score (nSPS) is 18.4. The average Bonchev–Trinajstić information content (AvgIpc) is 2.90. The van der Waals surface area contributed by atoms with Crippen molar-refractivity contribution in [2.24, 2.45) is 0 Å². The smallest absolute Gasteiger partial charge is 0.255 e. The SMILES string of the molecule is CCC(C(=O)NC1CCN(c2ccccc2C(=O)N(C)C2CCCCC2)CC1)c1ccccc1. The quantitative estimate of drug-likeness (QED) is 0.603. The van der Waals surface area contributed by atoms with E-state index in [0.29, 0.717) is 6.04 Å². The van der Waals surface area contributed by atoms with Gasteiger partial charge in [0.2, 0.25) is 5.91 Å². The third-order valence-electron chi connectivity index (χ3n) is 7.69. The minimum absolute atomic E-state index is 0.104. The van der Waals surface area contributed by atoms with Crippen LogP contribution in [0.2, 0.25) is 0 Å². The van der Waals surface area contributed by atoms with Crippen LogP contribution in [0.5, 0.6) is 0 Å². The van der Waals surface area contributed by atoms with E-state index >= 15 is 0 Å². The zero-order chi connectivity index (χ0) is 23.9. The van der Waals surface area contributed by atoms with E-state index in [1.807, 2.05) is 60.5 Å². The van der Waals surface area contributed by atoms with Crippen LogP contribution in [-0.2, 0) is 4.79 Å². The van der Waals surface area contributed by atoms with Crippen LogP contribution < -0.4 is 10.2 Å². The maximum absolute atomic E-state index is 13.4. The largest absolute Gasteiger partial charge is 0.371 e. The topological polar surface area (TPSA) is 52.7 Å². The predicted molar refractivity (Wildman–Crippen MR) is 138 cm³/mol. The highest BCUT2D eigenvalue weighted by Crippen LogP contribution is 2.29. The van der Waals surface area contributed by atoms with E-state index in [1.165, 1.54) is 19.3 Å². The molecule has 34 heavy (non-hydrogen) atoms. The molecule has 5 nitrogen and oxygen atoms in total. The molecule has 2 aromatic rings. The summed E-state index contributed by atoms with van der Waals surface area (Å²) >= 11 is 0. The second-order valence-electron chi connectivity index (χ2n) is 9.87. The van der Waals surface area contributed by atoms with Crippen molar-refractivity contribution in [2.45, 2.75) is 76.3 Å². The Morgan fingerprint density at radius 2 is 1.59 bits per heavy atom. The molecular formula is C29H39N3O2. The molecule has 1 saturated carbocycles. The molecular weight excluding hydrogens is 422 g/mol. The van der Waals surface area contributed by atoms with Crippen LogP contribution in [0.3, 0.4) is 0 Å². The van der Waals surface area contributed by atoms with Crippen LogP contribution >= 0.6 is 0 Å². The average molecular weight is 462 g/mol. The minimum atomic E-state index is -0.104. The Labute approximate surface area is 204 Å². The molecule has 1 heterocycles. The number of carbonyl (C=O) groups is 2. The van der Waals surface area contributed by atoms with Crippen LogP contribution in [0.25, 0.3) is 0 Å². The van der Waals surface area contributed by atoms with Crippen LogP contribution in [0.15, 0.2) is 54.6 Å². The Balaban J connectivity index is 1.37. The number of carbonyl (C=O) groups excluding carboxylic acids is 2. The number of nitrogens with one attached hydrogen (secondary N) is 1. The molecule has 2 aliphatic rings. The molecule has 1 unspecified atom stereocenters. The number of hydrogen-bond donors (Lipinski definition) is 1. The van der Waals surface area contributed by atoms with E-state index in [9.17, 15) is 9.59 Å². The molecule has 1 saturated heterocycles. The Hall–Kier alpha value is -2.82. The highest BCUT2D eigenvalue weighted by molar-refractivity contribution is 6.00. The first-order valence-corrected chi connectivity index (χ1v) is 13.0. The number of nitrogens with zero attached hydrogens (tertiary/aromatic N) is 2. The highest BCUT2D eigenvalue weighted by Gasteiger charge is 2.28. The molecule has 1 N–H and O–H groups in total. The van der Waals surface area contributed by atoms with Crippen molar-refractivity contribution in [2.75, 3.05) is 25.0 Å². The maximum Gasteiger partial charge on any atom is 0.255 e. The highest BCUT2D eigenvalue weighted by atomic mass is 16.2. The second kappa shape index (κ2) is 11.5. The summed E-state index contributed by atoms with van der Waals surface area (Å²) in [7, 11) is 1.97. The van der Waals surface area contributed by atoms with Gasteiger partial charge in [-0.15, -0.1) is 0 Å². The lowest BCUT2D eigenvalue weighted by molar-refractivity contribution is -0.123. The van der Waals surface area contributed by atoms with E-state index in [4.69, 9.17) is 0 Å². The number of piperidine rings is 1. The molecule has 2 aromatic carbocycles. The van der Waals surface area contributed by atoms with Gasteiger partial charge in [0, 0.05) is 37.9 Å². The summed E-state index contributed by atoms with van der Waals surface area (Å²) in [6, 6.07) is 18.6. The number of para-hydroxylation sites is 1. The molecule has 0 aromatic heterocycles. The summed E-state index contributed by atoms with van der Waals surface area (Å²) in [6.45, 7) is 3.74. The van der Waals surface area contributed by atoms with Gasteiger partial charge in [0.05, 0.1) is 11.5 Å². The molecule has 4 rings (SSSR count). The van der Waals surface area contributed by atoms with Gasteiger partial charge < -0.3 is 15.1 Å². The molecule has 0 spiro atoms. The lowest BCUT2D eigenvalue weighted by Crippen LogP contribution is -2.46. The number of benzene rings is 2. The second-order valence-corrected chi connectivity index (χ2v) is 9.87. The third kappa shape index (κ3) is 5.63. The summed E-state index contributed by atoms with van der Waals surface area (Å²) in [5, 5.41) is 3.30. The molecule has 2 amide bonds. The molecule has 5 heteroatoms. The molecule has 1 aliphatic carbocycles. The van der Waals surface area contributed by atoms with Gasteiger partial charge in [0.25, 0.3) is 5.91 Å². The number of anilines is 1. The molecule has 1 atom stereocenters. The number of hydrogen-bond acceptors (Lipinski definition) is 3. The van der Waals surface area contributed by atoms with Crippen LogP contribution in [-0.4, -0.2) is 48.9 Å². The predicted octanol–water partition coefficient (Wildman–Crippen LogP) is 5.37. The minimum Gasteiger partial charge on any atom is -0.371 e. The summed E-state index contributed by atoms with van der Waals surface area (Å²) in [5.41, 5.74) is 2.90. The summed E-state index contributed by atoms with van der Waals surface area (Å²) in [4.78, 5) is 30.7. The lowest BCUT2D eigenvalue weighted by Gasteiger charge is -2.36. The summed E-state index contributed by atoms with van der Waals surface area (Å²) < 4.78 is 0. The van der Waals surface area contributed by atoms with Crippen molar-refractivity contribution < 1.29 is 9.59 Å². The lowest BCUT2D eigenvalue weighted by atomic mass is 9.93. The Morgan fingerprint density at radius 1 is 0.941 bits per heavy atom. The zero-order valence-corrected chi connectivity index (χ0v) is 20.7. The van der Waals surface area contributed by atoms with Gasteiger partial charge in [-0.05, 0) is 49.8 Å². The van der Waals surface area contributed by atoms with Crippen molar-refractivity contribution in [3.63, 3.8) is 0 Å². The molecule has 2 fully saturated rings. The standard InChI is InChI=1S/C29H39N3O2/c1-3-25(22-12-6-4-7-13-22)28(33)30-23-18-20-32(21-19-23)27-17-11-10-16-26(27)29(34)31(2)24-14-8-5-9-15-24/h4,6-7,10-13,16-17,23-25H,3,5,8-9,14-15,18-21H2,1-2H3,(H,30,33). The zero-order valence-electron chi connectivity index (χ0n) is 20.7. The monoisotopic (exact) mass is 461 g/mol. The van der Waals surface area contributed by atoms with E-state index < -0.39 is 0 Å². The number of rotatable bonds is 7. The fourth-order valence-electron chi connectivity index (χ4n) is 5.58. The van der Waals surface area contributed by atoms with Gasteiger partial charge >= 0.3 is 0 Å². The van der Waals surface area contributed by atoms with Gasteiger partial charge in [0.1, 0.15) is 0 Å². The van der Waals surface area contributed by atoms with Crippen molar-refractivity contribution >= 4 is 17.5 Å². The van der Waals surface area contributed by atoms with Gasteiger partial charge in [-0.2, -0.15) is 0 Å². The first kappa shape index (κ1) is 24.3. The van der Waals surface area contributed by atoms with E-state index in [-0.39, 0.29) is 23.8 Å². The van der Waals surface area contributed by atoms with Gasteiger partial charge in [0.15, 0.2) is 0 Å². The third-order valence-corrected chi connectivity index (χ3v) is 7.69. The maximum atomic E-state index is 13.4. The summed E-state index contributed by atoms with van der Waals surface area (Å²) in [6.07, 6.45) is 8.49. The van der Waals surface area contributed by atoms with Crippen LogP contribution in [0.4, 0.5) is 5.69 Å². The van der Waals surface area contributed by atoms with Crippen molar-refractivity contribution in [3.05, 3.63) is 65.7 Å². The van der Waals surface area contributed by atoms with Gasteiger partial charge in [-0.25, -0.2) is 0 Å². The molecule has 1 aliphatic heterocycles. The number of amides is 2. The Bertz CT molecular complexity index is 947. The van der Waals surface area contributed by atoms with Crippen molar-refractivity contribution in [1.82, 2.24) is 10.2 Å². The first-order chi connectivity index (χ1) is 16.6. The summed E-state index contributed by atoms with van der Waals surface area (Å²) in [5.74, 6) is 0.149. The van der Waals surface area contributed by atoms with E-state index in [1.54, 1.807) is 0 Å². The van der Waals surface area contributed by atoms with Crippen LogP contribution in [0.1, 0.15) is 80.1 Å². The fraction of sp³-hybridized carbons (Fsp3) is 0.517. The first-order valence-electron chi connectivity index (χ1n) is 13.0. The van der Waals surface area contributed by atoms with Crippen molar-refractivity contribution in [1.29, 1.82) is 0 Å². The van der Waals surface area contributed by atoms with E-state index in [2.05, 4.69) is 23.2 Å². The molecule has 0 bridgehead atoms. The van der Waals surface area contributed by atoms with Crippen molar-refractivity contribution in [3.8, 4) is 0 Å². The van der Waals surface area contributed by atoms with E-state index in [0.717, 1.165) is 62.0 Å².